The van der Waals surface area contributed by atoms with E-state index in [1.807, 2.05) is 0 Å². The van der Waals surface area contributed by atoms with Crippen molar-refractivity contribution in [1.82, 2.24) is 9.97 Å². The van der Waals surface area contributed by atoms with Gasteiger partial charge in [0.1, 0.15) is 0 Å². The normalized spacial score (nSPS) is 10.2. The van der Waals surface area contributed by atoms with Gasteiger partial charge in [0, 0.05) is 11.8 Å². The van der Waals surface area contributed by atoms with Gasteiger partial charge in [0.2, 0.25) is 5.82 Å². The number of aromatic nitrogens is 2. The first-order chi connectivity index (χ1) is 8.08. The molecule has 0 aliphatic heterocycles. The summed E-state index contributed by atoms with van der Waals surface area (Å²) >= 11 is 11.7. The predicted molar refractivity (Wildman–Crippen MR) is 66.0 cm³/mol. The number of halogens is 2. The van der Waals surface area contributed by atoms with Gasteiger partial charge >= 0.3 is 0 Å². The maximum Gasteiger partial charge on any atom is 0.286 e. The van der Waals surface area contributed by atoms with Gasteiger partial charge in [-0.1, -0.05) is 29.3 Å². The Kier molecular flexibility index (Phi) is 3.26. The molecule has 17 heavy (non-hydrogen) atoms. The zero-order valence-corrected chi connectivity index (χ0v) is 10.0. The van der Waals surface area contributed by atoms with Gasteiger partial charge in [0.05, 0.1) is 15.7 Å². The van der Waals surface area contributed by atoms with Gasteiger partial charge in [-0.2, -0.15) is 0 Å². The zero-order chi connectivity index (χ0) is 12.4. The largest absolute Gasteiger partial charge is 0.363 e. The minimum absolute atomic E-state index is 0.0337. The summed E-state index contributed by atoms with van der Waals surface area (Å²) in [5.41, 5.74) is 6.41. The fourth-order valence-corrected chi connectivity index (χ4v) is 1.59. The highest BCUT2D eigenvalue weighted by Crippen LogP contribution is 2.27. The third kappa shape index (κ3) is 2.54. The minimum Gasteiger partial charge on any atom is -0.363 e. The molecular weight excluding hydrogens is 261 g/mol. The van der Waals surface area contributed by atoms with E-state index in [4.69, 9.17) is 28.9 Å². The van der Waals surface area contributed by atoms with Gasteiger partial charge in [0.25, 0.3) is 5.91 Å². The molecule has 0 aliphatic carbocycles. The predicted octanol–water partition coefficient (Wildman–Crippen LogP) is 2.55. The SMILES string of the molecule is NC(=O)c1nccc(-c2ccc(Cl)c(Cl)c2)n1. The van der Waals surface area contributed by atoms with Crippen molar-refractivity contribution in [3.8, 4) is 11.3 Å². The summed E-state index contributed by atoms with van der Waals surface area (Å²) in [5.74, 6) is -0.708. The van der Waals surface area contributed by atoms with Crippen molar-refractivity contribution >= 4 is 29.1 Å². The van der Waals surface area contributed by atoms with E-state index in [1.165, 1.54) is 6.20 Å². The molecule has 0 aliphatic rings. The Morgan fingerprint density at radius 1 is 1.18 bits per heavy atom. The summed E-state index contributed by atoms with van der Waals surface area (Å²) in [4.78, 5) is 18.7. The first-order valence-corrected chi connectivity index (χ1v) is 5.42. The Labute approximate surface area is 107 Å². The van der Waals surface area contributed by atoms with Crippen LogP contribution in [0.2, 0.25) is 10.0 Å². The Balaban J connectivity index is 2.49. The molecule has 2 rings (SSSR count). The van der Waals surface area contributed by atoms with Crippen LogP contribution in [0.1, 0.15) is 10.6 Å². The Hall–Kier alpha value is -1.65. The minimum atomic E-state index is -0.674. The lowest BCUT2D eigenvalue weighted by Crippen LogP contribution is -2.15. The molecule has 0 spiro atoms. The highest BCUT2D eigenvalue weighted by atomic mass is 35.5. The molecule has 0 radical (unpaired) electrons. The van der Waals surface area contributed by atoms with E-state index in [0.717, 1.165) is 5.56 Å². The van der Waals surface area contributed by atoms with Crippen LogP contribution in [0.3, 0.4) is 0 Å². The van der Waals surface area contributed by atoms with Gasteiger partial charge in [-0.3, -0.25) is 4.79 Å². The Bertz CT molecular complexity index is 587. The number of benzene rings is 1. The molecule has 0 fully saturated rings. The summed E-state index contributed by atoms with van der Waals surface area (Å²) in [6.07, 6.45) is 1.46. The van der Waals surface area contributed by atoms with E-state index < -0.39 is 5.91 Å². The third-order valence-electron chi connectivity index (χ3n) is 2.09. The van der Waals surface area contributed by atoms with Crippen LogP contribution >= 0.6 is 23.2 Å². The molecule has 0 bridgehead atoms. The highest BCUT2D eigenvalue weighted by Gasteiger charge is 2.07. The molecule has 1 aromatic heterocycles. The average molecular weight is 268 g/mol. The Morgan fingerprint density at radius 2 is 1.94 bits per heavy atom. The van der Waals surface area contributed by atoms with E-state index in [9.17, 15) is 4.79 Å². The standard InChI is InChI=1S/C11H7Cl2N3O/c12-7-2-1-6(5-8(7)13)9-3-4-15-11(16-9)10(14)17/h1-5H,(H2,14,17). The quantitative estimate of drug-likeness (QED) is 0.909. The number of carbonyl (C=O) groups excluding carboxylic acids is 1. The number of nitrogens with two attached hydrogens (primary N) is 1. The van der Waals surface area contributed by atoms with Crippen LogP contribution in [0, 0.1) is 0 Å². The lowest BCUT2D eigenvalue weighted by Gasteiger charge is -2.03. The smallest absolute Gasteiger partial charge is 0.286 e. The molecule has 0 unspecified atom stereocenters. The van der Waals surface area contributed by atoms with Crippen molar-refractivity contribution in [2.24, 2.45) is 5.73 Å². The summed E-state index contributed by atoms with van der Waals surface area (Å²) in [6.45, 7) is 0. The number of rotatable bonds is 2. The number of primary amides is 1. The summed E-state index contributed by atoms with van der Waals surface area (Å²) < 4.78 is 0. The lowest BCUT2D eigenvalue weighted by atomic mass is 10.1. The van der Waals surface area contributed by atoms with Crippen LogP contribution in [-0.4, -0.2) is 15.9 Å². The molecule has 1 aromatic carbocycles. The second-order valence-corrected chi connectivity index (χ2v) is 4.07. The number of hydrogen-bond acceptors (Lipinski definition) is 3. The molecule has 2 aromatic rings. The van der Waals surface area contributed by atoms with E-state index >= 15 is 0 Å². The van der Waals surface area contributed by atoms with Gasteiger partial charge in [-0.15, -0.1) is 0 Å². The molecule has 1 heterocycles. The fraction of sp³-hybridized carbons (Fsp3) is 0. The van der Waals surface area contributed by atoms with Crippen molar-refractivity contribution in [2.75, 3.05) is 0 Å². The van der Waals surface area contributed by atoms with Crippen molar-refractivity contribution in [1.29, 1.82) is 0 Å². The molecule has 1 amide bonds. The first-order valence-electron chi connectivity index (χ1n) is 4.66. The summed E-state index contributed by atoms with van der Waals surface area (Å²) in [6, 6.07) is 6.73. The molecular formula is C11H7Cl2N3O. The van der Waals surface area contributed by atoms with E-state index in [1.54, 1.807) is 24.3 Å². The number of carbonyl (C=O) groups is 1. The van der Waals surface area contributed by atoms with Crippen LogP contribution in [0.25, 0.3) is 11.3 Å². The molecule has 4 nitrogen and oxygen atoms in total. The summed E-state index contributed by atoms with van der Waals surface area (Å²) in [7, 11) is 0. The van der Waals surface area contributed by atoms with Gasteiger partial charge < -0.3 is 5.73 Å². The monoisotopic (exact) mass is 267 g/mol. The van der Waals surface area contributed by atoms with Crippen molar-refractivity contribution in [3.05, 3.63) is 46.3 Å². The molecule has 86 valence electrons. The summed E-state index contributed by atoms with van der Waals surface area (Å²) in [5, 5.41) is 0.878. The van der Waals surface area contributed by atoms with Crippen LogP contribution < -0.4 is 5.73 Å². The van der Waals surface area contributed by atoms with Gasteiger partial charge in [0.15, 0.2) is 0 Å². The third-order valence-corrected chi connectivity index (χ3v) is 2.83. The first kappa shape index (κ1) is 11.8. The highest BCUT2D eigenvalue weighted by molar-refractivity contribution is 6.42. The second-order valence-electron chi connectivity index (χ2n) is 3.26. The molecule has 2 N–H and O–H groups in total. The van der Waals surface area contributed by atoms with E-state index in [2.05, 4.69) is 9.97 Å². The van der Waals surface area contributed by atoms with Crippen LogP contribution in [-0.2, 0) is 0 Å². The average Bonchev–Trinajstić information content (AvgIpc) is 2.33. The number of hydrogen-bond donors (Lipinski definition) is 1. The van der Waals surface area contributed by atoms with Crippen molar-refractivity contribution in [2.45, 2.75) is 0 Å². The Morgan fingerprint density at radius 3 is 2.59 bits per heavy atom. The lowest BCUT2D eigenvalue weighted by molar-refractivity contribution is 0.0990. The topological polar surface area (TPSA) is 68.9 Å². The second kappa shape index (κ2) is 4.69. The fourth-order valence-electron chi connectivity index (χ4n) is 1.29. The molecule has 0 saturated heterocycles. The van der Waals surface area contributed by atoms with Crippen molar-refractivity contribution in [3.63, 3.8) is 0 Å². The zero-order valence-electron chi connectivity index (χ0n) is 8.52. The maximum atomic E-state index is 11.0. The van der Waals surface area contributed by atoms with Crippen LogP contribution in [0.15, 0.2) is 30.5 Å². The van der Waals surface area contributed by atoms with E-state index in [-0.39, 0.29) is 5.82 Å². The molecule has 0 saturated carbocycles. The van der Waals surface area contributed by atoms with E-state index in [0.29, 0.717) is 15.7 Å². The maximum absolute atomic E-state index is 11.0. The van der Waals surface area contributed by atoms with Gasteiger partial charge in [-0.25, -0.2) is 9.97 Å². The number of nitrogens with zero attached hydrogens (tertiary/aromatic N) is 2. The van der Waals surface area contributed by atoms with Crippen LogP contribution in [0.4, 0.5) is 0 Å². The van der Waals surface area contributed by atoms with Crippen LogP contribution in [0.5, 0.6) is 0 Å². The molecule has 6 heteroatoms. The van der Waals surface area contributed by atoms with Crippen molar-refractivity contribution < 1.29 is 4.79 Å². The number of amides is 1. The van der Waals surface area contributed by atoms with Gasteiger partial charge in [-0.05, 0) is 18.2 Å². The molecule has 0 atom stereocenters.